The van der Waals surface area contributed by atoms with E-state index in [0.29, 0.717) is 0 Å². The van der Waals surface area contributed by atoms with Gasteiger partial charge in [0.1, 0.15) is 5.82 Å². The van der Waals surface area contributed by atoms with Crippen LogP contribution in [0.4, 0.5) is 5.13 Å². The molecule has 2 fully saturated rings. The molecule has 0 spiro atoms. The van der Waals surface area contributed by atoms with Gasteiger partial charge in [0.05, 0.1) is 6.54 Å². The summed E-state index contributed by atoms with van der Waals surface area (Å²) in [5.41, 5.74) is 0. The van der Waals surface area contributed by atoms with Crippen LogP contribution in [0.25, 0.3) is 0 Å². The lowest BCUT2D eigenvalue weighted by molar-refractivity contribution is 0.292. The Morgan fingerprint density at radius 1 is 1.04 bits per heavy atom. The van der Waals surface area contributed by atoms with Gasteiger partial charge < -0.3 is 20.0 Å². The Balaban J connectivity index is 1.49. The van der Waals surface area contributed by atoms with Crippen molar-refractivity contribution in [2.75, 3.05) is 63.8 Å². The van der Waals surface area contributed by atoms with E-state index in [2.05, 4.69) is 43.2 Å². The lowest BCUT2D eigenvalue weighted by Crippen LogP contribution is -2.52. The minimum atomic E-state index is 0.888. The van der Waals surface area contributed by atoms with E-state index in [1.54, 1.807) is 0 Å². The minimum absolute atomic E-state index is 0.888. The van der Waals surface area contributed by atoms with Gasteiger partial charge in [0, 0.05) is 57.2 Å². The zero-order valence-corrected chi connectivity index (χ0v) is 17.8. The van der Waals surface area contributed by atoms with Crippen LogP contribution in [0.1, 0.15) is 45.4 Å². The van der Waals surface area contributed by atoms with E-state index in [-0.39, 0.29) is 0 Å². The molecule has 2 aliphatic heterocycles. The number of likely N-dealkylation sites (tertiary alicyclic amines) is 1. The minimum Gasteiger partial charge on any atom is -0.357 e. The number of nitrogens with zero attached hydrogens (tertiary/aromatic N) is 6. The molecule has 152 valence electrons. The average Bonchev–Trinajstić information content (AvgIpc) is 3.04. The molecule has 3 rings (SSSR count). The van der Waals surface area contributed by atoms with Gasteiger partial charge in [0.15, 0.2) is 5.96 Å². The number of hydrogen-bond acceptors (Lipinski definition) is 6. The number of hydrogen-bond donors (Lipinski definition) is 1. The normalized spacial score (nSPS) is 20.0. The Labute approximate surface area is 168 Å². The Bertz CT molecular complexity index is 572. The summed E-state index contributed by atoms with van der Waals surface area (Å²) in [6.07, 6.45) is 6.38. The van der Waals surface area contributed by atoms with Gasteiger partial charge in [0.2, 0.25) is 5.13 Å². The summed E-state index contributed by atoms with van der Waals surface area (Å²) in [5.74, 6) is 2.03. The van der Waals surface area contributed by atoms with Crippen molar-refractivity contribution < 1.29 is 0 Å². The summed E-state index contributed by atoms with van der Waals surface area (Å²) < 4.78 is 4.42. The fraction of sp³-hybridized carbons (Fsp3) is 0.842. The third kappa shape index (κ3) is 6.04. The zero-order valence-electron chi connectivity index (χ0n) is 17.0. The Kier molecular flexibility index (Phi) is 8.13. The number of piperazine rings is 1. The van der Waals surface area contributed by atoms with Gasteiger partial charge in [-0.25, -0.2) is 4.98 Å². The second-order valence-electron chi connectivity index (χ2n) is 7.31. The first-order valence-corrected chi connectivity index (χ1v) is 11.4. The van der Waals surface area contributed by atoms with Crippen molar-refractivity contribution >= 4 is 22.6 Å². The molecule has 3 heterocycles. The van der Waals surface area contributed by atoms with Crippen LogP contribution < -0.4 is 10.2 Å². The first kappa shape index (κ1) is 20.3. The van der Waals surface area contributed by atoms with E-state index in [1.807, 2.05) is 0 Å². The molecule has 7 nitrogen and oxygen atoms in total. The molecule has 0 radical (unpaired) electrons. The molecule has 1 aromatic heterocycles. The number of rotatable bonds is 6. The highest BCUT2D eigenvalue weighted by atomic mass is 32.1. The molecule has 1 N–H and O–H groups in total. The van der Waals surface area contributed by atoms with Crippen molar-refractivity contribution in [2.45, 2.75) is 46.0 Å². The summed E-state index contributed by atoms with van der Waals surface area (Å²) in [7, 11) is 0. The van der Waals surface area contributed by atoms with E-state index >= 15 is 0 Å². The Morgan fingerprint density at radius 2 is 1.78 bits per heavy atom. The van der Waals surface area contributed by atoms with Crippen LogP contribution in [0.2, 0.25) is 0 Å². The predicted octanol–water partition coefficient (Wildman–Crippen LogP) is 2.06. The van der Waals surface area contributed by atoms with E-state index in [9.17, 15) is 0 Å². The fourth-order valence-electron chi connectivity index (χ4n) is 3.71. The number of nitrogens with one attached hydrogen (secondary N) is 1. The summed E-state index contributed by atoms with van der Waals surface area (Å²) in [6, 6.07) is 0. The summed E-state index contributed by atoms with van der Waals surface area (Å²) in [6.45, 7) is 13.6. The molecule has 0 saturated carbocycles. The third-order valence-corrected chi connectivity index (χ3v) is 6.15. The van der Waals surface area contributed by atoms with Crippen LogP contribution in [0.5, 0.6) is 0 Å². The summed E-state index contributed by atoms with van der Waals surface area (Å²) in [4.78, 5) is 16.9. The maximum atomic E-state index is 4.92. The molecule has 0 amide bonds. The smallest absolute Gasteiger partial charge is 0.205 e. The number of aryl methyl sites for hydroxylation is 1. The lowest BCUT2D eigenvalue weighted by atomic mass is 10.2. The summed E-state index contributed by atoms with van der Waals surface area (Å²) >= 11 is 1.53. The maximum absolute atomic E-state index is 4.92. The van der Waals surface area contributed by atoms with Crippen LogP contribution >= 0.6 is 11.5 Å². The highest BCUT2D eigenvalue weighted by Crippen LogP contribution is 2.19. The largest absolute Gasteiger partial charge is 0.357 e. The molecular formula is C19H35N7S. The van der Waals surface area contributed by atoms with Crippen molar-refractivity contribution in [1.29, 1.82) is 0 Å². The van der Waals surface area contributed by atoms with Crippen LogP contribution in [0, 0.1) is 0 Å². The van der Waals surface area contributed by atoms with Crippen molar-refractivity contribution in [1.82, 2.24) is 24.5 Å². The van der Waals surface area contributed by atoms with Crippen LogP contribution in [-0.2, 0) is 6.42 Å². The van der Waals surface area contributed by atoms with Crippen molar-refractivity contribution in [2.24, 2.45) is 4.99 Å². The number of anilines is 1. The second-order valence-corrected chi connectivity index (χ2v) is 8.04. The van der Waals surface area contributed by atoms with Crippen LogP contribution in [0.15, 0.2) is 4.99 Å². The maximum Gasteiger partial charge on any atom is 0.205 e. The monoisotopic (exact) mass is 393 g/mol. The third-order valence-electron chi connectivity index (χ3n) is 5.33. The SMILES string of the molecule is CCNC(=NCCN1CCCCCC1)N1CCN(c2nc(CC)ns2)CC1. The van der Waals surface area contributed by atoms with Gasteiger partial charge in [-0.1, -0.05) is 19.8 Å². The van der Waals surface area contributed by atoms with Crippen LogP contribution in [0.3, 0.4) is 0 Å². The van der Waals surface area contributed by atoms with Crippen molar-refractivity contribution in [3.8, 4) is 0 Å². The molecule has 0 atom stereocenters. The highest BCUT2D eigenvalue weighted by Gasteiger charge is 2.22. The Morgan fingerprint density at radius 3 is 2.41 bits per heavy atom. The molecular weight excluding hydrogens is 358 g/mol. The first-order chi connectivity index (χ1) is 13.3. The molecule has 0 aliphatic carbocycles. The van der Waals surface area contributed by atoms with Crippen molar-refractivity contribution in [3.63, 3.8) is 0 Å². The summed E-state index contributed by atoms with van der Waals surface area (Å²) in [5, 5.41) is 4.55. The Hall–Kier alpha value is -1.41. The molecule has 27 heavy (non-hydrogen) atoms. The number of guanidine groups is 1. The van der Waals surface area contributed by atoms with Gasteiger partial charge in [0.25, 0.3) is 0 Å². The van der Waals surface area contributed by atoms with Crippen molar-refractivity contribution in [3.05, 3.63) is 5.82 Å². The van der Waals surface area contributed by atoms with E-state index in [1.165, 1.54) is 50.3 Å². The van der Waals surface area contributed by atoms with Gasteiger partial charge in [-0.3, -0.25) is 4.99 Å². The predicted molar refractivity (Wildman–Crippen MR) is 114 cm³/mol. The molecule has 2 saturated heterocycles. The lowest BCUT2D eigenvalue weighted by Gasteiger charge is -2.36. The van der Waals surface area contributed by atoms with E-state index in [0.717, 1.165) is 69.1 Å². The van der Waals surface area contributed by atoms with Crippen LogP contribution in [-0.4, -0.2) is 84.0 Å². The molecule has 0 unspecified atom stereocenters. The van der Waals surface area contributed by atoms with Gasteiger partial charge in [-0.05, 0) is 32.9 Å². The fourth-order valence-corrected chi connectivity index (χ4v) is 4.51. The van der Waals surface area contributed by atoms with Gasteiger partial charge in [-0.15, -0.1) is 0 Å². The van der Waals surface area contributed by atoms with Gasteiger partial charge in [-0.2, -0.15) is 4.37 Å². The average molecular weight is 394 g/mol. The molecule has 0 aromatic carbocycles. The highest BCUT2D eigenvalue weighted by molar-refractivity contribution is 7.09. The molecule has 0 bridgehead atoms. The van der Waals surface area contributed by atoms with E-state index < -0.39 is 0 Å². The molecule has 8 heteroatoms. The number of aromatic nitrogens is 2. The van der Waals surface area contributed by atoms with Gasteiger partial charge >= 0.3 is 0 Å². The quantitative estimate of drug-likeness (QED) is 0.590. The topological polar surface area (TPSA) is 59.9 Å². The standard InChI is InChI=1S/C19H35N7S/c1-3-17-22-19(27-23-17)26-15-13-25(14-16-26)18(20-4-2)21-9-12-24-10-7-5-6-8-11-24/h3-16H2,1-2H3,(H,20,21). The second kappa shape index (κ2) is 10.8. The first-order valence-electron chi connectivity index (χ1n) is 10.6. The molecule has 2 aliphatic rings. The van der Waals surface area contributed by atoms with E-state index in [4.69, 9.17) is 4.99 Å². The molecule has 1 aromatic rings. The number of aliphatic imine (C=N–C) groups is 1. The zero-order chi connectivity index (χ0) is 18.9.